The topological polar surface area (TPSA) is 84.7 Å². The molecule has 2 aromatic carbocycles. The maximum absolute atomic E-state index is 11.9. The SMILES string of the molecule is CCOC(=O)CCc1ccc(OCc2nc3ccc(OC)cc3n2C)cc1OCc1ccc(Cl)nc1. The molecule has 0 fully saturated rings. The van der Waals surface area contributed by atoms with E-state index >= 15 is 0 Å². The summed E-state index contributed by atoms with van der Waals surface area (Å²) in [5.41, 5.74) is 3.58. The molecule has 188 valence electrons. The van der Waals surface area contributed by atoms with Crippen molar-refractivity contribution >= 4 is 28.6 Å². The van der Waals surface area contributed by atoms with E-state index in [9.17, 15) is 4.79 Å². The van der Waals surface area contributed by atoms with Crippen LogP contribution in [0.2, 0.25) is 5.15 Å². The van der Waals surface area contributed by atoms with Gasteiger partial charge in [0, 0.05) is 37.4 Å². The number of ether oxygens (including phenoxy) is 4. The maximum Gasteiger partial charge on any atom is 0.306 e. The van der Waals surface area contributed by atoms with Gasteiger partial charge < -0.3 is 23.5 Å². The number of pyridine rings is 1. The molecule has 0 unspecified atom stereocenters. The summed E-state index contributed by atoms with van der Waals surface area (Å²) in [6.07, 6.45) is 2.41. The van der Waals surface area contributed by atoms with Crippen LogP contribution in [0.4, 0.5) is 0 Å². The monoisotopic (exact) mass is 509 g/mol. The second-order valence-electron chi connectivity index (χ2n) is 8.08. The van der Waals surface area contributed by atoms with Crippen molar-refractivity contribution in [2.45, 2.75) is 33.0 Å². The minimum atomic E-state index is -0.246. The molecular weight excluding hydrogens is 482 g/mol. The Morgan fingerprint density at radius 3 is 2.61 bits per heavy atom. The van der Waals surface area contributed by atoms with Crippen LogP contribution in [0.3, 0.4) is 0 Å². The zero-order valence-electron chi connectivity index (χ0n) is 20.5. The van der Waals surface area contributed by atoms with E-state index in [1.807, 2.05) is 54.1 Å². The van der Waals surface area contributed by atoms with Gasteiger partial charge in [0.25, 0.3) is 0 Å². The minimum absolute atomic E-state index is 0.246. The normalized spacial score (nSPS) is 10.9. The molecule has 0 saturated carbocycles. The summed E-state index contributed by atoms with van der Waals surface area (Å²) in [6, 6.07) is 14.9. The molecule has 9 heteroatoms. The van der Waals surface area contributed by atoms with Gasteiger partial charge in [0.2, 0.25) is 0 Å². The number of carbonyl (C=O) groups excluding carboxylic acids is 1. The highest BCUT2D eigenvalue weighted by molar-refractivity contribution is 6.29. The van der Waals surface area contributed by atoms with Crippen LogP contribution < -0.4 is 14.2 Å². The van der Waals surface area contributed by atoms with Gasteiger partial charge in [-0.3, -0.25) is 4.79 Å². The molecule has 2 heterocycles. The van der Waals surface area contributed by atoms with Crippen LogP contribution in [0.25, 0.3) is 11.0 Å². The van der Waals surface area contributed by atoms with Crippen molar-refractivity contribution in [2.75, 3.05) is 13.7 Å². The van der Waals surface area contributed by atoms with Gasteiger partial charge in [0.1, 0.15) is 41.4 Å². The van der Waals surface area contributed by atoms with E-state index in [0.717, 1.165) is 33.7 Å². The van der Waals surface area contributed by atoms with Gasteiger partial charge in [-0.15, -0.1) is 0 Å². The van der Waals surface area contributed by atoms with Gasteiger partial charge in [-0.25, -0.2) is 9.97 Å². The summed E-state index contributed by atoms with van der Waals surface area (Å²) >= 11 is 5.88. The summed E-state index contributed by atoms with van der Waals surface area (Å²) in [7, 11) is 3.59. The third kappa shape index (κ3) is 6.26. The van der Waals surface area contributed by atoms with E-state index in [1.54, 1.807) is 26.3 Å². The fourth-order valence-electron chi connectivity index (χ4n) is 3.71. The fraction of sp³-hybridized carbons (Fsp3) is 0.296. The molecule has 0 aliphatic rings. The van der Waals surface area contributed by atoms with E-state index in [2.05, 4.69) is 9.97 Å². The molecule has 0 aliphatic heterocycles. The molecule has 0 bridgehead atoms. The zero-order chi connectivity index (χ0) is 25.5. The number of imidazole rings is 1. The lowest BCUT2D eigenvalue weighted by Crippen LogP contribution is -2.07. The van der Waals surface area contributed by atoms with Crippen molar-refractivity contribution in [1.82, 2.24) is 14.5 Å². The summed E-state index contributed by atoms with van der Waals surface area (Å²) in [4.78, 5) is 20.7. The Labute approximate surface area is 214 Å². The number of hydrogen-bond acceptors (Lipinski definition) is 7. The molecule has 0 saturated heterocycles. The Kier molecular flexibility index (Phi) is 8.28. The molecule has 0 atom stereocenters. The number of aryl methyl sites for hydroxylation is 2. The van der Waals surface area contributed by atoms with E-state index in [0.29, 0.717) is 36.3 Å². The van der Waals surface area contributed by atoms with Crippen molar-refractivity contribution in [3.63, 3.8) is 0 Å². The molecular formula is C27H28ClN3O5. The molecule has 4 rings (SSSR count). The number of aromatic nitrogens is 3. The number of nitrogens with zero attached hydrogens (tertiary/aromatic N) is 3. The standard InChI is InChI=1S/C27H28ClN3O5/c1-4-34-27(32)12-7-19-6-8-21(14-24(19)36-16-18-5-11-25(28)29-15-18)35-17-26-30-22-10-9-20(33-3)13-23(22)31(26)2/h5-6,8-11,13-15H,4,7,12,16-17H2,1-3H3. The maximum atomic E-state index is 11.9. The smallest absolute Gasteiger partial charge is 0.306 e. The van der Waals surface area contributed by atoms with Gasteiger partial charge in [-0.1, -0.05) is 23.7 Å². The van der Waals surface area contributed by atoms with Crippen LogP contribution in [-0.2, 0) is 36.2 Å². The lowest BCUT2D eigenvalue weighted by molar-refractivity contribution is -0.143. The van der Waals surface area contributed by atoms with Crippen LogP contribution >= 0.6 is 11.6 Å². The lowest BCUT2D eigenvalue weighted by Gasteiger charge is -2.14. The van der Waals surface area contributed by atoms with Crippen molar-refractivity contribution in [1.29, 1.82) is 0 Å². The molecule has 0 radical (unpaired) electrons. The average Bonchev–Trinajstić information content (AvgIpc) is 3.21. The number of rotatable bonds is 11. The van der Waals surface area contributed by atoms with Gasteiger partial charge in [0.15, 0.2) is 0 Å². The van der Waals surface area contributed by atoms with Gasteiger partial charge >= 0.3 is 5.97 Å². The van der Waals surface area contributed by atoms with E-state index < -0.39 is 0 Å². The van der Waals surface area contributed by atoms with Gasteiger partial charge in [-0.05, 0) is 43.2 Å². The number of methoxy groups -OCH3 is 1. The van der Waals surface area contributed by atoms with Crippen LogP contribution in [0.15, 0.2) is 54.7 Å². The quantitative estimate of drug-likeness (QED) is 0.201. The summed E-state index contributed by atoms with van der Waals surface area (Å²) in [5.74, 6) is 2.56. The van der Waals surface area contributed by atoms with Crippen molar-refractivity contribution in [3.8, 4) is 17.2 Å². The Bertz CT molecular complexity index is 1340. The number of halogens is 1. The molecule has 0 aliphatic carbocycles. The third-order valence-corrected chi connectivity index (χ3v) is 5.90. The largest absolute Gasteiger partial charge is 0.497 e. The highest BCUT2D eigenvalue weighted by atomic mass is 35.5. The van der Waals surface area contributed by atoms with E-state index in [-0.39, 0.29) is 19.0 Å². The first-order chi connectivity index (χ1) is 17.5. The van der Waals surface area contributed by atoms with Crippen molar-refractivity contribution in [2.24, 2.45) is 7.05 Å². The predicted molar refractivity (Wildman–Crippen MR) is 137 cm³/mol. The van der Waals surface area contributed by atoms with Crippen LogP contribution in [0.1, 0.15) is 30.3 Å². The fourth-order valence-corrected chi connectivity index (χ4v) is 3.82. The number of fused-ring (bicyclic) bond motifs is 1. The van der Waals surface area contributed by atoms with Crippen molar-refractivity contribution < 1.29 is 23.7 Å². The number of hydrogen-bond donors (Lipinski definition) is 0. The van der Waals surface area contributed by atoms with Gasteiger partial charge in [0.05, 0.1) is 24.8 Å². The average molecular weight is 510 g/mol. The Hall–Kier alpha value is -3.78. The van der Waals surface area contributed by atoms with Crippen molar-refractivity contribution in [3.05, 3.63) is 76.8 Å². The summed E-state index contributed by atoms with van der Waals surface area (Å²) in [5, 5.41) is 0.421. The molecule has 36 heavy (non-hydrogen) atoms. The molecule has 2 aromatic heterocycles. The molecule has 0 N–H and O–H groups in total. The van der Waals surface area contributed by atoms with Gasteiger partial charge in [-0.2, -0.15) is 0 Å². The Morgan fingerprint density at radius 2 is 1.86 bits per heavy atom. The van der Waals surface area contributed by atoms with E-state index in [1.165, 1.54) is 0 Å². The third-order valence-electron chi connectivity index (χ3n) is 5.67. The molecule has 4 aromatic rings. The second-order valence-corrected chi connectivity index (χ2v) is 8.47. The molecule has 8 nitrogen and oxygen atoms in total. The minimum Gasteiger partial charge on any atom is -0.497 e. The molecule has 0 amide bonds. The second kappa shape index (κ2) is 11.8. The Balaban J connectivity index is 1.50. The molecule has 0 spiro atoms. The summed E-state index contributed by atoms with van der Waals surface area (Å²) < 4.78 is 24.5. The number of carbonyl (C=O) groups is 1. The highest BCUT2D eigenvalue weighted by Gasteiger charge is 2.13. The first kappa shape index (κ1) is 25.3. The van der Waals surface area contributed by atoms with Crippen LogP contribution in [0.5, 0.6) is 17.2 Å². The number of esters is 1. The highest BCUT2D eigenvalue weighted by Crippen LogP contribution is 2.28. The van der Waals surface area contributed by atoms with Crippen LogP contribution in [0, 0.1) is 0 Å². The zero-order valence-corrected chi connectivity index (χ0v) is 21.2. The number of benzene rings is 2. The summed E-state index contributed by atoms with van der Waals surface area (Å²) in [6.45, 7) is 2.72. The predicted octanol–water partition coefficient (Wildman–Crippen LogP) is 5.28. The first-order valence-electron chi connectivity index (χ1n) is 11.6. The van der Waals surface area contributed by atoms with E-state index in [4.69, 9.17) is 30.5 Å². The Morgan fingerprint density at radius 1 is 1.03 bits per heavy atom. The van der Waals surface area contributed by atoms with Crippen LogP contribution in [-0.4, -0.2) is 34.2 Å². The first-order valence-corrected chi connectivity index (χ1v) is 12.0. The lowest BCUT2D eigenvalue weighted by atomic mass is 10.1.